The minimum Gasteiger partial charge on any atom is -0.466 e. The first kappa shape index (κ1) is 15.4. The van der Waals surface area contributed by atoms with Crippen molar-refractivity contribution >= 4 is 17.7 Å². The van der Waals surface area contributed by atoms with Gasteiger partial charge in [-0.1, -0.05) is 12.1 Å². The number of fused-ring (bicyclic) bond motifs is 1. The van der Waals surface area contributed by atoms with E-state index < -0.39 is 17.1 Å². The number of hydrogen-bond acceptors (Lipinski definition) is 7. The summed E-state index contributed by atoms with van der Waals surface area (Å²) in [5, 5.41) is 11.2. The lowest BCUT2D eigenvalue weighted by molar-refractivity contribution is -0.386. The SMILES string of the molecule is COC(=O)C1=Cc2cccc([N+](=O)[O-])c2OC1N1CCOCC1. The van der Waals surface area contributed by atoms with Crippen molar-refractivity contribution in [3.63, 3.8) is 0 Å². The topological polar surface area (TPSA) is 91.1 Å². The molecule has 2 heterocycles. The molecule has 2 aliphatic rings. The third-order valence-electron chi connectivity index (χ3n) is 3.83. The van der Waals surface area contributed by atoms with E-state index in [4.69, 9.17) is 14.2 Å². The van der Waals surface area contributed by atoms with Crippen molar-refractivity contribution in [2.24, 2.45) is 0 Å². The van der Waals surface area contributed by atoms with Crippen LogP contribution in [-0.2, 0) is 14.3 Å². The van der Waals surface area contributed by atoms with Gasteiger partial charge in [0.15, 0.2) is 6.23 Å². The Bertz CT molecular complexity index is 666. The van der Waals surface area contributed by atoms with Crippen molar-refractivity contribution in [3.05, 3.63) is 39.4 Å². The summed E-state index contributed by atoms with van der Waals surface area (Å²) >= 11 is 0. The molecular weight excluding hydrogens is 304 g/mol. The number of ether oxygens (including phenoxy) is 3. The van der Waals surface area contributed by atoms with E-state index in [1.54, 1.807) is 18.2 Å². The Labute approximate surface area is 132 Å². The van der Waals surface area contributed by atoms with Gasteiger partial charge in [-0.2, -0.15) is 0 Å². The summed E-state index contributed by atoms with van der Waals surface area (Å²) in [7, 11) is 1.29. The molecule has 3 rings (SSSR count). The molecule has 0 aliphatic carbocycles. The lowest BCUT2D eigenvalue weighted by Gasteiger charge is -2.36. The fourth-order valence-corrected chi connectivity index (χ4v) is 2.70. The Kier molecular flexibility index (Phi) is 4.26. The number of benzene rings is 1. The van der Waals surface area contributed by atoms with Gasteiger partial charge in [-0.25, -0.2) is 4.79 Å². The summed E-state index contributed by atoms with van der Waals surface area (Å²) in [5.74, 6) is -0.347. The quantitative estimate of drug-likeness (QED) is 0.469. The highest BCUT2D eigenvalue weighted by molar-refractivity contribution is 5.96. The molecule has 122 valence electrons. The second kappa shape index (κ2) is 6.35. The van der Waals surface area contributed by atoms with Gasteiger partial charge in [0, 0.05) is 24.7 Å². The van der Waals surface area contributed by atoms with E-state index in [0.29, 0.717) is 37.4 Å². The normalized spacial score (nSPS) is 20.9. The average molecular weight is 320 g/mol. The number of para-hydroxylation sites is 1. The Morgan fingerprint density at radius 3 is 2.78 bits per heavy atom. The van der Waals surface area contributed by atoms with Crippen LogP contribution in [0.3, 0.4) is 0 Å². The fraction of sp³-hybridized carbons (Fsp3) is 0.400. The molecule has 23 heavy (non-hydrogen) atoms. The summed E-state index contributed by atoms with van der Waals surface area (Å²) < 4.78 is 16.0. The first-order valence-electron chi connectivity index (χ1n) is 7.17. The predicted octanol–water partition coefficient (Wildman–Crippen LogP) is 1.20. The Balaban J connectivity index is 2.04. The van der Waals surface area contributed by atoms with Gasteiger partial charge in [-0.15, -0.1) is 0 Å². The van der Waals surface area contributed by atoms with Crippen molar-refractivity contribution in [2.75, 3.05) is 33.4 Å². The van der Waals surface area contributed by atoms with Crippen LogP contribution >= 0.6 is 0 Å². The molecule has 1 fully saturated rings. The maximum atomic E-state index is 12.1. The van der Waals surface area contributed by atoms with E-state index in [2.05, 4.69) is 0 Å². The highest BCUT2D eigenvalue weighted by atomic mass is 16.6. The van der Waals surface area contributed by atoms with Crippen molar-refractivity contribution < 1.29 is 23.9 Å². The van der Waals surface area contributed by atoms with Gasteiger partial charge < -0.3 is 14.2 Å². The van der Waals surface area contributed by atoms with E-state index >= 15 is 0 Å². The number of carbonyl (C=O) groups is 1. The Morgan fingerprint density at radius 1 is 1.39 bits per heavy atom. The molecule has 8 heteroatoms. The smallest absolute Gasteiger partial charge is 0.338 e. The molecule has 2 aliphatic heterocycles. The van der Waals surface area contributed by atoms with Gasteiger partial charge in [-0.3, -0.25) is 15.0 Å². The summed E-state index contributed by atoms with van der Waals surface area (Å²) in [6, 6.07) is 4.60. The van der Waals surface area contributed by atoms with Crippen molar-refractivity contribution in [2.45, 2.75) is 6.23 Å². The largest absolute Gasteiger partial charge is 0.466 e. The number of carbonyl (C=O) groups excluding carboxylic acids is 1. The molecule has 0 spiro atoms. The van der Waals surface area contributed by atoms with Crippen LogP contribution in [-0.4, -0.2) is 55.4 Å². The van der Waals surface area contributed by atoms with Crippen LogP contribution < -0.4 is 4.74 Å². The van der Waals surface area contributed by atoms with Gasteiger partial charge in [0.05, 0.1) is 30.8 Å². The molecule has 0 saturated carbocycles. The zero-order valence-electron chi connectivity index (χ0n) is 12.6. The van der Waals surface area contributed by atoms with Crippen LogP contribution in [0.25, 0.3) is 6.08 Å². The molecule has 8 nitrogen and oxygen atoms in total. The lowest BCUT2D eigenvalue weighted by Crippen LogP contribution is -2.49. The summed E-state index contributed by atoms with van der Waals surface area (Å²) in [4.78, 5) is 24.7. The minimum atomic E-state index is -0.722. The fourth-order valence-electron chi connectivity index (χ4n) is 2.70. The highest BCUT2D eigenvalue weighted by Crippen LogP contribution is 2.38. The lowest BCUT2D eigenvalue weighted by atomic mass is 10.0. The summed E-state index contributed by atoms with van der Waals surface area (Å²) in [6.07, 6.45) is 0.873. The molecule has 0 bridgehead atoms. The van der Waals surface area contributed by atoms with E-state index in [-0.39, 0.29) is 11.4 Å². The maximum absolute atomic E-state index is 12.1. The van der Waals surface area contributed by atoms with Gasteiger partial charge in [0.25, 0.3) is 0 Å². The van der Waals surface area contributed by atoms with Crippen LogP contribution in [0.1, 0.15) is 5.56 Å². The number of rotatable bonds is 3. The predicted molar refractivity (Wildman–Crippen MR) is 79.9 cm³/mol. The Hall–Kier alpha value is -2.45. The van der Waals surface area contributed by atoms with Gasteiger partial charge >= 0.3 is 11.7 Å². The third-order valence-corrected chi connectivity index (χ3v) is 3.83. The zero-order valence-corrected chi connectivity index (χ0v) is 12.6. The van der Waals surface area contributed by atoms with Crippen LogP contribution in [0.2, 0.25) is 0 Å². The minimum absolute atomic E-state index is 0.124. The summed E-state index contributed by atoms with van der Waals surface area (Å²) in [6.45, 7) is 2.15. The molecule has 1 unspecified atom stereocenters. The first-order chi connectivity index (χ1) is 11.1. The Morgan fingerprint density at radius 2 is 2.13 bits per heavy atom. The zero-order chi connectivity index (χ0) is 16.4. The second-order valence-corrected chi connectivity index (χ2v) is 5.16. The van der Waals surface area contributed by atoms with Gasteiger partial charge in [0.2, 0.25) is 5.75 Å². The maximum Gasteiger partial charge on any atom is 0.338 e. The standard InChI is InChI=1S/C15H16N2O6/c1-21-15(18)11-9-10-3-2-4-12(17(19)20)13(10)23-14(11)16-5-7-22-8-6-16/h2-4,9,14H,5-8H2,1H3. The summed E-state index contributed by atoms with van der Waals surface area (Å²) in [5.41, 5.74) is 0.687. The molecule has 0 radical (unpaired) electrons. The second-order valence-electron chi connectivity index (χ2n) is 5.16. The number of esters is 1. The highest BCUT2D eigenvalue weighted by Gasteiger charge is 2.36. The molecule has 1 aromatic rings. The van der Waals surface area contributed by atoms with E-state index in [1.165, 1.54) is 13.2 Å². The number of nitro groups is 1. The molecule has 1 atom stereocenters. The van der Waals surface area contributed by atoms with Gasteiger partial charge in [0.1, 0.15) is 0 Å². The third kappa shape index (κ3) is 2.90. The molecule has 0 aromatic heterocycles. The number of hydrogen-bond donors (Lipinski definition) is 0. The number of morpholine rings is 1. The van der Waals surface area contributed by atoms with Crippen LogP contribution in [0.5, 0.6) is 5.75 Å². The number of methoxy groups -OCH3 is 1. The molecular formula is C15H16N2O6. The van der Waals surface area contributed by atoms with Crippen molar-refractivity contribution in [1.29, 1.82) is 0 Å². The molecule has 0 amide bonds. The van der Waals surface area contributed by atoms with Crippen molar-refractivity contribution in [1.82, 2.24) is 4.90 Å². The van der Waals surface area contributed by atoms with Crippen LogP contribution in [0, 0.1) is 10.1 Å². The van der Waals surface area contributed by atoms with Crippen molar-refractivity contribution in [3.8, 4) is 5.75 Å². The van der Waals surface area contributed by atoms with E-state index in [1.807, 2.05) is 4.90 Å². The number of nitro benzene ring substituents is 1. The molecule has 0 N–H and O–H groups in total. The van der Waals surface area contributed by atoms with E-state index in [0.717, 1.165) is 0 Å². The molecule has 1 aromatic carbocycles. The van der Waals surface area contributed by atoms with E-state index in [9.17, 15) is 14.9 Å². The van der Waals surface area contributed by atoms with Crippen LogP contribution in [0.15, 0.2) is 23.8 Å². The van der Waals surface area contributed by atoms with Crippen LogP contribution in [0.4, 0.5) is 5.69 Å². The average Bonchev–Trinajstić information content (AvgIpc) is 2.60. The molecule has 1 saturated heterocycles. The van der Waals surface area contributed by atoms with Gasteiger partial charge in [-0.05, 0) is 6.08 Å². The first-order valence-corrected chi connectivity index (χ1v) is 7.17. The number of nitrogens with zero attached hydrogens (tertiary/aromatic N) is 2. The monoisotopic (exact) mass is 320 g/mol.